The molecule has 3 rings (SSSR count). The number of aryl methyl sites for hydroxylation is 2. The molecule has 0 saturated carbocycles. The lowest BCUT2D eigenvalue weighted by molar-refractivity contribution is -0.192. The minimum Gasteiger partial charge on any atom is -0.475 e. The Balaban J connectivity index is 0.000000572. The zero-order valence-electron chi connectivity index (χ0n) is 21.1. The standard InChI is InChI=1S/C23H36N4O2.C2HF3O2/c1-19-16-20(2)18-21(17-19)23(29)27(12-5-11-25-9-3-4-10-25)13-6-22(28)26-14-7-24-8-15-26;3-2(4,5)1(6)7/h16-18,24H,3-15H2,1-2H3;(H,6,7). The van der Waals surface area contributed by atoms with Gasteiger partial charge in [-0.3, -0.25) is 9.59 Å². The first-order valence-corrected chi connectivity index (χ1v) is 12.4. The van der Waals surface area contributed by atoms with Crippen LogP contribution in [0, 0.1) is 13.8 Å². The Labute approximate surface area is 210 Å². The summed E-state index contributed by atoms with van der Waals surface area (Å²) in [6.07, 6.45) is -1.16. The number of halogens is 3. The number of alkyl halides is 3. The van der Waals surface area contributed by atoms with Crippen LogP contribution in [0.15, 0.2) is 18.2 Å². The third-order valence-corrected chi connectivity index (χ3v) is 6.16. The number of piperazine rings is 1. The molecule has 0 spiro atoms. The average Bonchev–Trinajstić information content (AvgIpc) is 3.34. The molecule has 1 aromatic carbocycles. The zero-order valence-corrected chi connectivity index (χ0v) is 21.1. The molecule has 2 aliphatic heterocycles. The summed E-state index contributed by atoms with van der Waals surface area (Å²) in [5.74, 6) is -2.55. The monoisotopic (exact) mass is 514 g/mol. The summed E-state index contributed by atoms with van der Waals surface area (Å²) < 4.78 is 31.7. The summed E-state index contributed by atoms with van der Waals surface area (Å²) in [6.45, 7) is 11.9. The first-order valence-electron chi connectivity index (χ1n) is 12.4. The Hall–Kier alpha value is -2.66. The van der Waals surface area contributed by atoms with E-state index in [0.29, 0.717) is 19.5 Å². The molecule has 0 aliphatic carbocycles. The highest BCUT2D eigenvalue weighted by molar-refractivity contribution is 5.95. The van der Waals surface area contributed by atoms with E-state index >= 15 is 0 Å². The zero-order chi connectivity index (χ0) is 26.7. The Morgan fingerprint density at radius 2 is 1.53 bits per heavy atom. The van der Waals surface area contributed by atoms with E-state index in [1.54, 1.807) is 0 Å². The van der Waals surface area contributed by atoms with E-state index in [1.807, 2.05) is 35.8 Å². The van der Waals surface area contributed by atoms with Crippen molar-refractivity contribution in [1.82, 2.24) is 20.0 Å². The van der Waals surface area contributed by atoms with E-state index in [4.69, 9.17) is 9.90 Å². The number of carbonyl (C=O) groups excluding carboxylic acids is 2. The van der Waals surface area contributed by atoms with E-state index in [9.17, 15) is 22.8 Å². The van der Waals surface area contributed by atoms with Crippen molar-refractivity contribution in [1.29, 1.82) is 0 Å². The quantitative estimate of drug-likeness (QED) is 0.554. The fourth-order valence-electron chi connectivity index (χ4n) is 4.39. The summed E-state index contributed by atoms with van der Waals surface area (Å²) >= 11 is 0. The molecule has 0 unspecified atom stereocenters. The van der Waals surface area contributed by atoms with Gasteiger partial charge in [-0.1, -0.05) is 17.2 Å². The van der Waals surface area contributed by atoms with Crippen LogP contribution < -0.4 is 5.32 Å². The normalized spacial score (nSPS) is 16.3. The first kappa shape index (κ1) is 29.6. The lowest BCUT2D eigenvalue weighted by Gasteiger charge is -2.29. The Morgan fingerprint density at radius 1 is 0.972 bits per heavy atom. The van der Waals surface area contributed by atoms with Crippen LogP contribution in [-0.4, -0.2) is 103 Å². The molecular weight excluding hydrogens is 477 g/mol. The number of amides is 2. The molecule has 2 N–H and O–H groups in total. The molecule has 2 amide bonds. The number of carboxylic acids is 1. The third-order valence-electron chi connectivity index (χ3n) is 6.16. The molecule has 202 valence electrons. The lowest BCUT2D eigenvalue weighted by Crippen LogP contribution is -2.47. The van der Waals surface area contributed by atoms with Crippen molar-refractivity contribution in [3.63, 3.8) is 0 Å². The van der Waals surface area contributed by atoms with Crippen LogP contribution >= 0.6 is 0 Å². The van der Waals surface area contributed by atoms with Gasteiger partial charge in [0.05, 0.1) is 0 Å². The number of hydrogen-bond donors (Lipinski definition) is 2. The van der Waals surface area contributed by atoms with Gasteiger partial charge in [-0.05, 0) is 64.9 Å². The molecule has 2 saturated heterocycles. The van der Waals surface area contributed by atoms with E-state index in [-0.39, 0.29) is 11.8 Å². The minimum atomic E-state index is -5.08. The van der Waals surface area contributed by atoms with Gasteiger partial charge in [-0.25, -0.2) is 4.79 Å². The number of hydrogen-bond acceptors (Lipinski definition) is 5. The molecule has 36 heavy (non-hydrogen) atoms. The molecule has 0 atom stereocenters. The molecular formula is C25H37F3N4O4. The van der Waals surface area contributed by atoms with Crippen LogP contribution in [0.25, 0.3) is 0 Å². The summed E-state index contributed by atoms with van der Waals surface area (Å²) in [6, 6.07) is 6.00. The van der Waals surface area contributed by atoms with E-state index < -0.39 is 12.1 Å². The van der Waals surface area contributed by atoms with Gasteiger partial charge in [0.2, 0.25) is 5.91 Å². The van der Waals surface area contributed by atoms with Crippen molar-refractivity contribution in [3.05, 3.63) is 34.9 Å². The summed E-state index contributed by atoms with van der Waals surface area (Å²) in [5.41, 5.74) is 2.93. The molecule has 11 heteroatoms. The molecule has 2 heterocycles. The molecule has 2 aliphatic rings. The Bertz CT molecular complexity index is 862. The average molecular weight is 515 g/mol. The second-order valence-electron chi connectivity index (χ2n) is 9.25. The predicted octanol–water partition coefficient (Wildman–Crippen LogP) is 2.69. The molecule has 2 fully saturated rings. The number of carbonyl (C=O) groups is 3. The number of nitrogens with zero attached hydrogens (tertiary/aromatic N) is 3. The largest absolute Gasteiger partial charge is 0.490 e. The lowest BCUT2D eigenvalue weighted by atomic mass is 10.1. The van der Waals surface area contributed by atoms with Crippen LogP contribution in [0.5, 0.6) is 0 Å². The second-order valence-corrected chi connectivity index (χ2v) is 9.25. The van der Waals surface area contributed by atoms with Crippen LogP contribution in [0.4, 0.5) is 13.2 Å². The summed E-state index contributed by atoms with van der Waals surface area (Å²) in [5, 5.41) is 10.4. The molecule has 0 radical (unpaired) electrons. The van der Waals surface area contributed by atoms with Gasteiger partial charge in [0.25, 0.3) is 5.91 Å². The topological polar surface area (TPSA) is 93.2 Å². The van der Waals surface area contributed by atoms with Crippen molar-refractivity contribution < 1.29 is 32.7 Å². The van der Waals surface area contributed by atoms with Crippen molar-refractivity contribution in [2.45, 2.75) is 45.7 Å². The number of carboxylic acid groups (broad SMARTS) is 1. The van der Waals surface area contributed by atoms with Gasteiger partial charge >= 0.3 is 12.1 Å². The van der Waals surface area contributed by atoms with Gasteiger partial charge in [-0.15, -0.1) is 0 Å². The van der Waals surface area contributed by atoms with E-state index in [0.717, 1.165) is 55.8 Å². The first-order chi connectivity index (χ1) is 17.0. The number of benzene rings is 1. The number of aliphatic carboxylic acids is 1. The number of nitrogens with one attached hydrogen (secondary N) is 1. The summed E-state index contributed by atoms with van der Waals surface area (Å²) in [4.78, 5) is 41.0. The maximum atomic E-state index is 13.2. The fraction of sp³-hybridized carbons (Fsp3) is 0.640. The van der Waals surface area contributed by atoms with Crippen molar-refractivity contribution in [3.8, 4) is 0 Å². The van der Waals surface area contributed by atoms with Crippen molar-refractivity contribution in [2.24, 2.45) is 0 Å². The fourth-order valence-corrected chi connectivity index (χ4v) is 4.39. The van der Waals surface area contributed by atoms with E-state index in [2.05, 4.69) is 16.3 Å². The van der Waals surface area contributed by atoms with Crippen LogP contribution in [0.3, 0.4) is 0 Å². The van der Waals surface area contributed by atoms with Gasteiger partial charge in [0, 0.05) is 51.3 Å². The second kappa shape index (κ2) is 14.2. The smallest absolute Gasteiger partial charge is 0.475 e. The number of rotatable bonds is 8. The molecule has 0 bridgehead atoms. The van der Waals surface area contributed by atoms with E-state index in [1.165, 1.54) is 25.9 Å². The van der Waals surface area contributed by atoms with Crippen LogP contribution in [0.1, 0.15) is 47.2 Å². The predicted molar refractivity (Wildman–Crippen MR) is 130 cm³/mol. The van der Waals surface area contributed by atoms with Gasteiger partial charge in [-0.2, -0.15) is 13.2 Å². The Morgan fingerprint density at radius 3 is 2.06 bits per heavy atom. The van der Waals surface area contributed by atoms with Crippen molar-refractivity contribution in [2.75, 3.05) is 58.9 Å². The Kier molecular flexibility index (Phi) is 11.6. The highest BCUT2D eigenvalue weighted by atomic mass is 19.4. The third kappa shape index (κ3) is 10.1. The highest BCUT2D eigenvalue weighted by Gasteiger charge is 2.38. The molecule has 0 aromatic heterocycles. The van der Waals surface area contributed by atoms with Gasteiger partial charge in [0.1, 0.15) is 0 Å². The maximum absolute atomic E-state index is 13.2. The van der Waals surface area contributed by atoms with Crippen molar-refractivity contribution >= 4 is 17.8 Å². The summed E-state index contributed by atoms with van der Waals surface area (Å²) in [7, 11) is 0. The molecule has 8 nitrogen and oxygen atoms in total. The van der Waals surface area contributed by atoms with Crippen LogP contribution in [0.2, 0.25) is 0 Å². The maximum Gasteiger partial charge on any atom is 0.490 e. The molecule has 1 aromatic rings. The van der Waals surface area contributed by atoms with Gasteiger partial charge < -0.3 is 25.1 Å². The minimum absolute atomic E-state index is 0.0475. The SMILES string of the molecule is Cc1cc(C)cc(C(=O)N(CCCN2CCCC2)CCC(=O)N2CCNCC2)c1.O=C(O)C(F)(F)F. The van der Waals surface area contributed by atoms with Gasteiger partial charge in [0.15, 0.2) is 0 Å². The number of likely N-dealkylation sites (tertiary alicyclic amines) is 1. The highest BCUT2D eigenvalue weighted by Crippen LogP contribution is 2.14. The van der Waals surface area contributed by atoms with Crippen LogP contribution in [-0.2, 0) is 9.59 Å².